The van der Waals surface area contributed by atoms with Crippen LogP contribution in [0.4, 0.5) is 0 Å². The molecule has 1 saturated heterocycles. The normalized spacial score (nSPS) is 15.0. The van der Waals surface area contributed by atoms with Gasteiger partial charge in [0.05, 0.1) is 12.6 Å². The van der Waals surface area contributed by atoms with Gasteiger partial charge in [0.2, 0.25) is 5.91 Å². The van der Waals surface area contributed by atoms with Crippen molar-refractivity contribution < 1.29 is 9.53 Å². The molecular formula is C22H31ClN4O2S. The van der Waals surface area contributed by atoms with Crippen LogP contribution in [0, 0.1) is 4.77 Å². The number of rotatable bonds is 9. The highest BCUT2D eigenvalue weighted by Crippen LogP contribution is 2.22. The lowest BCUT2D eigenvalue weighted by Gasteiger charge is -2.31. The molecule has 2 aromatic rings. The van der Waals surface area contributed by atoms with Gasteiger partial charge in [0.15, 0.2) is 10.6 Å². The van der Waals surface area contributed by atoms with Crippen molar-refractivity contribution in [3.05, 3.63) is 34.1 Å². The number of amides is 1. The molecule has 8 heteroatoms. The van der Waals surface area contributed by atoms with Crippen LogP contribution in [0.1, 0.15) is 46.0 Å². The first-order valence-corrected chi connectivity index (χ1v) is 11.6. The van der Waals surface area contributed by atoms with E-state index in [-0.39, 0.29) is 12.0 Å². The number of ether oxygens (including phenoxy) is 1. The Bertz CT molecular complexity index is 886. The lowest BCUT2D eigenvalue weighted by molar-refractivity contribution is -0.134. The molecule has 6 nitrogen and oxygen atoms in total. The largest absolute Gasteiger partial charge is 0.378 e. The molecule has 0 saturated carbocycles. The highest BCUT2D eigenvalue weighted by atomic mass is 35.5. The van der Waals surface area contributed by atoms with Crippen LogP contribution in [0.2, 0.25) is 5.02 Å². The van der Waals surface area contributed by atoms with E-state index in [1.54, 1.807) is 4.68 Å². The Kier molecular flexibility index (Phi) is 8.48. The second kappa shape index (κ2) is 11.1. The van der Waals surface area contributed by atoms with Gasteiger partial charge >= 0.3 is 0 Å². The third kappa shape index (κ3) is 5.71. The topological polar surface area (TPSA) is 52.3 Å². The quantitative estimate of drug-likeness (QED) is 0.507. The molecular weight excluding hydrogens is 420 g/mol. The van der Waals surface area contributed by atoms with E-state index < -0.39 is 0 Å². The number of nitrogens with zero attached hydrogens (tertiary/aromatic N) is 4. The van der Waals surface area contributed by atoms with E-state index in [9.17, 15) is 4.79 Å². The molecule has 0 radical (unpaired) electrons. The molecule has 0 bridgehead atoms. The van der Waals surface area contributed by atoms with E-state index in [0.717, 1.165) is 63.3 Å². The number of carbonyl (C=O) groups is 1. The summed E-state index contributed by atoms with van der Waals surface area (Å²) >= 11 is 11.7. The number of likely N-dealkylation sites (tertiary alicyclic amines) is 1. The Hall–Kier alpha value is -1.70. The second-order valence-electron chi connectivity index (χ2n) is 7.63. The molecule has 1 aromatic heterocycles. The maximum Gasteiger partial charge on any atom is 0.224 e. The second-order valence-corrected chi connectivity index (χ2v) is 8.43. The van der Waals surface area contributed by atoms with Crippen molar-refractivity contribution in [3.8, 4) is 11.4 Å². The van der Waals surface area contributed by atoms with Gasteiger partial charge in [-0.3, -0.25) is 9.36 Å². The van der Waals surface area contributed by atoms with Crippen LogP contribution in [0.25, 0.3) is 11.4 Å². The number of carbonyl (C=O) groups excluding carboxylic acids is 1. The predicted molar refractivity (Wildman–Crippen MR) is 122 cm³/mol. The summed E-state index contributed by atoms with van der Waals surface area (Å²) in [6.45, 7) is 7.72. The maximum atomic E-state index is 12.7. The monoisotopic (exact) mass is 450 g/mol. The van der Waals surface area contributed by atoms with Gasteiger partial charge in [0.25, 0.3) is 0 Å². The van der Waals surface area contributed by atoms with Crippen molar-refractivity contribution in [1.82, 2.24) is 19.2 Å². The van der Waals surface area contributed by atoms with Crippen LogP contribution in [-0.4, -0.2) is 51.0 Å². The molecule has 0 spiro atoms. The Labute approximate surface area is 188 Å². The average Bonchev–Trinajstić information content (AvgIpc) is 3.07. The zero-order valence-electron chi connectivity index (χ0n) is 17.8. The minimum absolute atomic E-state index is 0.156. The highest BCUT2D eigenvalue weighted by molar-refractivity contribution is 7.71. The summed E-state index contributed by atoms with van der Waals surface area (Å²) < 4.78 is 10.2. The molecule has 1 amide bonds. The summed E-state index contributed by atoms with van der Waals surface area (Å²) in [5, 5.41) is 5.45. The van der Waals surface area contributed by atoms with Crippen molar-refractivity contribution >= 4 is 29.7 Å². The van der Waals surface area contributed by atoms with Gasteiger partial charge < -0.3 is 9.64 Å². The van der Waals surface area contributed by atoms with Crippen LogP contribution >= 0.6 is 23.8 Å². The minimum atomic E-state index is 0.156. The number of unbranched alkanes of at least 4 members (excludes halogenated alkanes) is 1. The molecule has 1 fully saturated rings. The van der Waals surface area contributed by atoms with Crippen molar-refractivity contribution in [2.75, 3.05) is 19.7 Å². The maximum absolute atomic E-state index is 12.7. The molecule has 2 heterocycles. The van der Waals surface area contributed by atoms with Crippen LogP contribution in [0.15, 0.2) is 24.3 Å². The van der Waals surface area contributed by atoms with Crippen LogP contribution in [-0.2, 0) is 22.6 Å². The molecule has 0 atom stereocenters. The van der Waals surface area contributed by atoms with Crippen LogP contribution in [0.5, 0.6) is 0 Å². The summed E-state index contributed by atoms with van der Waals surface area (Å²) in [5.74, 6) is 0.984. The first-order valence-electron chi connectivity index (χ1n) is 10.9. The lowest BCUT2D eigenvalue weighted by Crippen LogP contribution is -2.41. The van der Waals surface area contributed by atoms with Gasteiger partial charge in [0.1, 0.15) is 0 Å². The predicted octanol–water partition coefficient (Wildman–Crippen LogP) is 4.95. The van der Waals surface area contributed by atoms with Gasteiger partial charge in [-0.25, -0.2) is 4.68 Å². The molecule has 1 aromatic carbocycles. The number of aryl methyl sites for hydroxylation is 1. The van der Waals surface area contributed by atoms with Crippen molar-refractivity contribution in [3.63, 3.8) is 0 Å². The summed E-state index contributed by atoms with van der Waals surface area (Å²) in [4.78, 5) is 14.6. The van der Waals surface area contributed by atoms with Crippen LogP contribution in [0.3, 0.4) is 0 Å². The first kappa shape index (κ1) is 23.0. The minimum Gasteiger partial charge on any atom is -0.378 e. The van der Waals surface area contributed by atoms with E-state index >= 15 is 0 Å². The Morgan fingerprint density at radius 2 is 1.90 bits per heavy atom. The Balaban J connectivity index is 1.69. The first-order chi connectivity index (χ1) is 14.5. The third-order valence-electron chi connectivity index (χ3n) is 5.50. The average molecular weight is 451 g/mol. The van der Waals surface area contributed by atoms with Gasteiger partial charge in [-0.05, 0) is 62.7 Å². The zero-order valence-corrected chi connectivity index (χ0v) is 19.4. The van der Waals surface area contributed by atoms with Crippen molar-refractivity contribution in [1.29, 1.82) is 0 Å². The van der Waals surface area contributed by atoms with Crippen molar-refractivity contribution in [2.24, 2.45) is 0 Å². The van der Waals surface area contributed by atoms with E-state index in [4.69, 9.17) is 33.7 Å². The number of aromatic nitrogens is 3. The molecule has 164 valence electrons. The molecule has 3 rings (SSSR count). The molecule has 1 aliphatic heterocycles. The lowest BCUT2D eigenvalue weighted by atomic mass is 10.1. The fourth-order valence-electron chi connectivity index (χ4n) is 3.78. The van der Waals surface area contributed by atoms with E-state index in [1.165, 1.54) is 0 Å². The van der Waals surface area contributed by atoms with Crippen molar-refractivity contribution in [2.45, 2.75) is 65.1 Å². The number of halogens is 1. The summed E-state index contributed by atoms with van der Waals surface area (Å²) in [5.41, 5.74) is 0.977. The number of hydrogen-bond acceptors (Lipinski definition) is 4. The number of benzene rings is 1. The standard InChI is InChI=1S/C22H31ClN4O2S/c1-3-5-13-26-21(17-6-8-18(23)9-7-17)24-27(22(26)30)16-12-20(28)25-14-10-19(11-15-25)29-4-2/h6-9,19H,3-5,10-16H2,1-2H3. The molecule has 0 N–H and O–H groups in total. The molecule has 0 unspecified atom stereocenters. The number of hydrogen-bond donors (Lipinski definition) is 0. The SMILES string of the molecule is CCCCn1c(-c2ccc(Cl)cc2)nn(CCC(=O)N2CCC(OCC)CC2)c1=S. The van der Waals surface area contributed by atoms with Gasteiger partial charge in [-0.1, -0.05) is 24.9 Å². The van der Waals surface area contributed by atoms with Crippen LogP contribution < -0.4 is 0 Å². The van der Waals surface area contributed by atoms with E-state index in [1.807, 2.05) is 36.1 Å². The van der Waals surface area contributed by atoms with Gasteiger partial charge in [-0.2, -0.15) is 5.10 Å². The summed E-state index contributed by atoms with van der Waals surface area (Å²) in [7, 11) is 0. The van der Waals surface area contributed by atoms with Gasteiger partial charge in [-0.15, -0.1) is 0 Å². The Morgan fingerprint density at radius 3 is 2.53 bits per heavy atom. The molecule has 1 aliphatic rings. The van der Waals surface area contributed by atoms with E-state index in [0.29, 0.717) is 22.8 Å². The number of piperidine rings is 1. The smallest absolute Gasteiger partial charge is 0.224 e. The van der Waals surface area contributed by atoms with Gasteiger partial charge in [0, 0.05) is 43.2 Å². The molecule has 0 aliphatic carbocycles. The molecule has 30 heavy (non-hydrogen) atoms. The zero-order chi connectivity index (χ0) is 21.5. The third-order valence-corrected chi connectivity index (χ3v) is 6.18. The fraction of sp³-hybridized carbons (Fsp3) is 0.591. The Morgan fingerprint density at radius 1 is 1.20 bits per heavy atom. The highest BCUT2D eigenvalue weighted by Gasteiger charge is 2.23. The van der Waals surface area contributed by atoms with E-state index in [2.05, 4.69) is 11.5 Å². The summed E-state index contributed by atoms with van der Waals surface area (Å²) in [6, 6.07) is 7.64. The fourth-order valence-corrected chi connectivity index (χ4v) is 4.22. The summed E-state index contributed by atoms with van der Waals surface area (Å²) in [6.07, 6.45) is 4.59.